The molecule has 180 valence electrons. The van der Waals surface area contributed by atoms with Crippen molar-refractivity contribution in [2.45, 2.75) is 18.9 Å². The highest BCUT2D eigenvalue weighted by Crippen LogP contribution is 2.30. The molecule has 35 heavy (non-hydrogen) atoms. The second kappa shape index (κ2) is 9.21. The van der Waals surface area contributed by atoms with Gasteiger partial charge in [0.2, 0.25) is 15.9 Å². The van der Waals surface area contributed by atoms with Gasteiger partial charge in [-0.1, -0.05) is 46.3 Å². The van der Waals surface area contributed by atoms with Crippen LogP contribution in [0.15, 0.2) is 64.6 Å². The van der Waals surface area contributed by atoms with Gasteiger partial charge in [-0.05, 0) is 31.0 Å². The number of halogens is 1. The molecule has 2 amide bonds. The number of benzene rings is 2. The van der Waals surface area contributed by atoms with E-state index in [0.29, 0.717) is 35.4 Å². The first-order chi connectivity index (χ1) is 16.7. The fraction of sp³-hybridized carbons (Fsp3) is 0.208. The van der Waals surface area contributed by atoms with Gasteiger partial charge in [-0.3, -0.25) is 9.59 Å². The molecule has 2 aromatic carbocycles. The van der Waals surface area contributed by atoms with E-state index in [4.69, 9.17) is 0 Å². The summed E-state index contributed by atoms with van der Waals surface area (Å²) in [5, 5.41) is 5.71. The lowest BCUT2D eigenvalue weighted by atomic mass is 10.1. The largest absolute Gasteiger partial charge is 0.327 e. The molecular weight excluding hydrogens is 552 g/mol. The van der Waals surface area contributed by atoms with Crippen LogP contribution in [-0.4, -0.2) is 52.9 Å². The van der Waals surface area contributed by atoms with Crippen molar-refractivity contribution in [3.8, 4) is 11.3 Å². The Bertz CT molecular complexity index is 1560. The Labute approximate surface area is 214 Å². The molecule has 1 fully saturated rings. The molecule has 0 bridgehead atoms. The molecule has 0 saturated carbocycles. The van der Waals surface area contributed by atoms with Crippen molar-refractivity contribution >= 4 is 65.1 Å². The number of hydrogen-bond acceptors (Lipinski definition) is 6. The van der Waals surface area contributed by atoms with Crippen LogP contribution >= 0.6 is 27.3 Å². The molecule has 0 aliphatic carbocycles. The summed E-state index contributed by atoms with van der Waals surface area (Å²) in [5.74, 6) is -0.673. The summed E-state index contributed by atoms with van der Waals surface area (Å²) >= 11 is 4.77. The number of fused-ring (bicyclic) bond motifs is 1. The van der Waals surface area contributed by atoms with E-state index in [1.54, 1.807) is 24.3 Å². The van der Waals surface area contributed by atoms with Gasteiger partial charge in [-0.25, -0.2) is 17.4 Å². The first kappa shape index (κ1) is 23.7. The topological polar surface area (TPSA) is 101 Å². The molecule has 1 N–H and O–H groups in total. The highest BCUT2D eigenvalue weighted by atomic mass is 79.9. The minimum Gasteiger partial charge on any atom is -0.327 e. The minimum atomic E-state index is -3.60. The molecule has 5 rings (SSSR count). The van der Waals surface area contributed by atoms with Gasteiger partial charge in [-0.2, -0.15) is 0 Å². The van der Waals surface area contributed by atoms with E-state index in [2.05, 4.69) is 26.2 Å². The molecule has 1 saturated heterocycles. The smallest absolute Gasteiger partial charge is 0.256 e. The predicted octanol–water partition coefficient (Wildman–Crippen LogP) is 4.58. The molecule has 1 aliphatic rings. The molecule has 0 radical (unpaired) electrons. The van der Waals surface area contributed by atoms with Crippen LogP contribution in [-0.2, 0) is 14.8 Å². The third kappa shape index (κ3) is 4.63. The number of thiazole rings is 1. The molecule has 0 unspecified atom stereocenters. The van der Waals surface area contributed by atoms with Crippen LogP contribution in [0.25, 0.3) is 22.2 Å². The number of carbonyl (C=O) groups is 2. The lowest BCUT2D eigenvalue weighted by Crippen LogP contribution is -2.43. The van der Waals surface area contributed by atoms with Crippen molar-refractivity contribution in [3.63, 3.8) is 0 Å². The molecule has 3 heterocycles. The maximum atomic E-state index is 13.5. The molecule has 4 aromatic rings. The van der Waals surface area contributed by atoms with Crippen LogP contribution in [0.4, 0.5) is 5.13 Å². The van der Waals surface area contributed by atoms with Crippen molar-refractivity contribution in [3.05, 3.63) is 70.1 Å². The summed E-state index contributed by atoms with van der Waals surface area (Å²) in [6.45, 7) is 0.413. The zero-order chi connectivity index (χ0) is 24.7. The average molecular weight is 573 g/mol. The van der Waals surface area contributed by atoms with E-state index in [1.165, 1.54) is 22.4 Å². The fourth-order valence-electron chi connectivity index (χ4n) is 4.33. The number of amides is 2. The quantitative estimate of drug-likeness (QED) is 0.377. The van der Waals surface area contributed by atoms with Crippen LogP contribution < -0.4 is 5.32 Å². The monoisotopic (exact) mass is 572 g/mol. The summed E-state index contributed by atoms with van der Waals surface area (Å²) in [6, 6.07) is 13.9. The van der Waals surface area contributed by atoms with E-state index in [9.17, 15) is 18.0 Å². The normalized spacial score (nSPS) is 16.1. The molecule has 1 aliphatic heterocycles. The van der Waals surface area contributed by atoms with E-state index in [-0.39, 0.29) is 17.4 Å². The first-order valence-electron chi connectivity index (χ1n) is 10.9. The Balaban J connectivity index is 1.38. The summed E-state index contributed by atoms with van der Waals surface area (Å²) in [4.78, 5) is 32.7. The van der Waals surface area contributed by atoms with Gasteiger partial charge in [0.15, 0.2) is 5.13 Å². The van der Waals surface area contributed by atoms with Gasteiger partial charge in [0, 0.05) is 33.5 Å². The van der Waals surface area contributed by atoms with Crippen LogP contribution in [0.2, 0.25) is 0 Å². The number of likely N-dealkylation sites (tertiary alicyclic amines) is 1. The van der Waals surface area contributed by atoms with Gasteiger partial charge < -0.3 is 10.2 Å². The number of nitrogens with zero attached hydrogens (tertiary/aromatic N) is 3. The number of aromatic nitrogens is 2. The number of rotatable bonds is 5. The van der Waals surface area contributed by atoms with E-state index >= 15 is 0 Å². The first-order valence-corrected chi connectivity index (χ1v) is 14.4. The lowest BCUT2D eigenvalue weighted by Gasteiger charge is -2.23. The second-order valence-electron chi connectivity index (χ2n) is 8.31. The SMILES string of the molecule is CS(=O)(=O)n1cc(C(=O)N2CCC[C@H]2C(=O)Nc2nc(-c3cccc(Br)c3)cs2)c2ccccc21. The van der Waals surface area contributed by atoms with Crippen molar-refractivity contribution < 1.29 is 18.0 Å². The van der Waals surface area contributed by atoms with E-state index < -0.39 is 16.1 Å². The van der Waals surface area contributed by atoms with Crippen molar-refractivity contribution in [1.82, 2.24) is 13.9 Å². The zero-order valence-electron chi connectivity index (χ0n) is 18.6. The standard InChI is InChI=1S/C24H21BrN4O4S2/c1-35(32,33)29-13-18(17-8-2-3-9-20(17)29)23(31)28-11-5-10-21(28)22(30)27-24-26-19(14-34-24)15-6-4-7-16(25)12-15/h2-4,6-9,12-14,21H,5,10-11H2,1H3,(H,26,27,30)/t21-/m0/s1. The fourth-order valence-corrected chi connectivity index (χ4v) is 6.27. The van der Waals surface area contributed by atoms with Crippen LogP contribution in [0, 0.1) is 0 Å². The second-order valence-corrected chi connectivity index (χ2v) is 11.9. The number of hydrogen-bond donors (Lipinski definition) is 1. The van der Waals surface area contributed by atoms with Gasteiger partial charge >= 0.3 is 0 Å². The van der Waals surface area contributed by atoms with Gasteiger partial charge in [-0.15, -0.1) is 11.3 Å². The third-order valence-electron chi connectivity index (χ3n) is 5.94. The number of para-hydroxylation sites is 1. The molecular formula is C24H21BrN4O4S2. The molecule has 1 atom stereocenters. The van der Waals surface area contributed by atoms with E-state index in [1.807, 2.05) is 29.6 Å². The maximum absolute atomic E-state index is 13.5. The summed E-state index contributed by atoms with van der Waals surface area (Å²) < 4.78 is 26.6. The van der Waals surface area contributed by atoms with Crippen LogP contribution in [0.3, 0.4) is 0 Å². The molecule has 11 heteroatoms. The van der Waals surface area contributed by atoms with Gasteiger partial charge in [0.05, 0.1) is 23.0 Å². The zero-order valence-corrected chi connectivity index (χ0v) is 21.9. The maximum Gasteiger partial charge on any atom is 0.256 e. The van der Waals surface area contributed by atoms with Crippen molar-refractivity contribution in [2.75, 3.05) is 18.1 Å². The Hall–Kier alpha value is -3.02. The average Bonchev–Trinajstić information content (AvgIpc) is 3.56. The number of nitrogens with one attached hydrogen (secondary N) is 1. The number of anilines is 1. The predicted molar refractivity (Wildman–Crippen MR) is 140 cm³/mol. The van der Waals surface area contributed by atoms with Crippen LogP contribution in [0.1, 0.15) is 23.2 Å². The van der Waals surface area contributed by atoms with E-state index in [0.717, 1.165) is 26.0 Å². The van der Waals surface area contributed by atoms with Gasteiger partial charge in [0.1, 0.15) is 6.04 Å². The minimum absolute atomic E-state index is 0.261. The number of carbonyl (C=O) groups excluding carboxylic acids is 2. The Morgan fingerprint density at radius 2 is 1.97 bits per heavy atom. The Kier molecular flexibility index (Phi) is 6.24. The molecule has 0 spiro atoms. The summed E-state index contributed by atoms with van der Waals surface area (Å²) in [7, 11) is -3.60. The lowest BCUT2D eigenvalue weighted by molar-refractivity contribution is -0.119. The molecule has 2 aromatic heterocycles. The summed E-state index contributed by atoms with van der Waals surface area (Å²) in [5.41, 5.74) is 2.37. The van der Waals surface area contributed by atoms with Crippen molar-refractivity contribution in [1.29, 1.82) is 0 Å². The van der Waals surface area contributed by atoms with Gasteiger partial charge in [0.25, 0.3) is 5.91 Å². The highest BCUT2D eigenvalue weighted by Gasteiger charge is 2.36. The summed E-state index contributed by atoms with van der Waals surface area (Å²) in [6.07, 6.45) is 3.64. The third-order valence-corrected chi connectivity index (χ3v) is 8.20. The Morgan fingerprint density at radius 3 is 2.74 bits per heavy atom. The highest BCUT2D eigenvalue weighted by molar-refractivity contribution is 9.10. The Morgan fingerprint density at radius 1 is 1.17 bits per heavy atom. The molecule has 8 nitrogen and oxygen atoms in total. The van der Waals surface area contributed by atoms with Crippen molar-refractivity contribution in [2.24, 2.45) is 0 Å². The van der Waals surface area contributed by atoms with Crippen LogP contribution in [0.5, 0.6) is 0 Å².